The van der Waals surface area contributed by atoms with Crippen LogP contribution in [0.15, 0.2) is 24.3 Å². The third kappa shape index (κ3) is 3.19. The molecule has 15 heavy (non-hydrogen) atoms. The number of hydrogen-bond acceptors (Lipinski definition) is 3. The number of nitriles is 1. The smallest absolute Gasteiger partial charge is 0.176 e. The summed E-state index contributed by atoms with van der Waals surface area (Å²) in [4.78, 5) is 13.6. The second-order valence-electron chi connectivity index (χ2n) is 3.44. The maximum absolute atomic E-state index is 11.7. The zero-order valence-corrected chi connectivity index (χ0v) is 9.03. The Bertz CT molecular complexity index is 376. The molecule has 0 radical (unpaired) electrons. The van der Waals surface area contributed by atoms with Gasteiger partial charge in [-0.15, -0.1) is 0 Å². The van der Waals surface area contributed by atoms with Crippen molar-refractivity contribution in [1.29, 1.82) is 5.26 Å². The van der Waals surface area contributed by atoms with Crippen LogP contribution in [-0.4, -0.2) is 30.8 Å². The molecule has 78 valence electrons. The molecule has 0 fully saturated rings. The van der Waals surface area contributed by atoms with Crippen molar-refractivity contribution in [1.82, 2.24) is 4.90 Å². The third-order valence-electron chi connectivity index (χ3n) is 2.29. The summed E-state index contributed by atoms with van der Waals surface area (Å²) in [5.74, 6) is 0.0869. The van der Waals surface area contributed by atoms with E-state index in [4.69, 9.17) is 5.26 Å². The third-order valence-corrected chi connectivity index (χ3v) is 2.29. The van der Waals surface area contributed by atoms with Gasteiger partial charge in [-0.25, -0.2) is 0 Å². The van der Waals surface area contributed by atoms with E-state index in [1.165, 1.54) is 0 Å². The number of ketones is 1. The summed E-state index contributed by atoms with van der Waals surface area (Å²) in [6, 6.07) is 8.75. The Morgan fingerprint density at radius 3 is 2.47 bits per heavy atom. The van der Waals surface area contributed by atoms with Gasteiger partial charge >= 0.3 is 0 Å². The van der Waals surface area contributed by atoms with Crippen molar-refractivity contribution in [3.63, 3.8) is 0 Å². The van der Waals surface area contributed by atoms with Gasteiger partial charge in [0, 0.05) is 5.56 Å². The number of likely N-dealkylation sites (N-methyl/N-ethyl adjacent to an activating group) is 1. The molecular formula is C12H14N2O. The second-order valence-corrected chi connectivity index (χ2v) is 3.44. The van der Waals surface area contributed by atoms with E-state index >= 15 is 0 Å². The lowest BCUT2D eigenvalue weighted by Crippen LogP contribution is -2.25. The summed E-state index contributed by atoms with van der Waals surface area (Å²) in [5.41, 5.74) is 1.24. The van der Waals surface area contributed by atoms with E-state index in [0.29, 0.717) is 17.7 Å². The zero-order valence-electron chi connectivity index (χ0n) is 9.03. The van der Waals surface area contributed by atoms with Crippen LogP contribution in [0, 0.1) is 11.3 Å². The van der Waals surface area contributed by atoms with Crippen LogP contribution in [-0.2, 0) is 0 Å². The summed E-state index contributed by atoms with van der Waals surface area (Å²) in [6.45, 7) is 3.27. The minimum Gasteiger partial charge on any atom is -0.299 e. The average molecular weight is 202 g/mol. The first-order valence-electron chi connectivity index (χ1n) is 4.89. The molecule has 0 aromatic heterocycles. The van der Waals surface area contributed by atoms with Crippen LogP contribution >= 0.6 is 0 Å². The molecule has 0 atom stereocenters. The summed E-state index contributed by atoms with van der Waals surface area (Å²) in [5, 5.41) is 8.61. The minimum absolute atomic E-state index is 0.0869. The summed E-state index contributed by atoms with van der Waals surface area (Å²) in [7, 11) is 1.90. The van der Waals surface area contributed by atoms with E-state index in [1.54, 1.807) is 24.3 Å². The number of nitrogens with zero attached hydrogens (tertiary/aromatic N) is 2. The first-order valence-corrected chi connectivity index (χ1v) is 4.89. The first-order chi connectivity index (χ1) is 7.17. The van der Waals surface area contributed by atoms with E-state index in [-0.39, 0.29) is 5.78 Å². The van der Waals surface area contributed by atoms with Gasteiger partial charge in [0.1, 0.15) is 0 Å². The predicted octanol–water partition coefficient (Wildman–Crippen LogP) is 1.69. The highest BCUT2D eigenvalue weighted by Crippen LogP contribution is 2.04. The molecule has 3 nitrogen and oxygen atoms in total. The maximum Gasteiger partial charge on any atom is 0.176 e. The zero-order chi connectivity index (χ0) is 11.3. The standard InChI is InChI=1S/C12H14N2O/c1-3-14(2)9-12(15)11-6-4-10(8-13)5-7-11/h4-7H,3,9H2,1-2H3. The highest BCUT2D eigenvalue weighted by molar-refractivity contribution is 5.97. The lowest BCUT2D eigenvalue weighted by atomic mass is 10.1. The normalized spacial score (nSPS) is 10.0. The van der Waals surface area contributed by atoms with E-state index in [1.807, 2.05) is 24.9 Å². The molecule has 0 N–H and O–H groups in total. The molecular weight excluding hydrogens is 188 g/mol. The maximum atomic E-state index is 11.7. The number of carbonyl (C=O) groups is 1. The Morgan fingerprint density at radius 2 is 2.00 bits per heavy atom. The number of rotatable bonds is 4. The van der Waals surface area contributed by atoms with Gasteiger partial charge in [0.25, 0.3) is 0 Å². The second kappa shape index (κ2) is 5.28. The van der Waals surface area contributed by atoms with Crippen LogP contribution in [0.1, 0.15) is 22.8 Å². The molecule has 1 rings (SSSR count). The summed E-state index contributed by atoms with van der Waals surface area (Å²) < 4.78 is 0. The monoisotopic (exact) mass is 202 g/mol. The van der Waals surface area contributed by atoms with Gasteiger partial charge in [-0.05, 0) is 25.7 Å². The van der Waals surface area contributed by atoms with E-state index < -0.39 is 0 Å². The quantitative estimate of drug-likeness (QED) is 0.698. The Balaban J connectivity index is 2.71. The molecule has 0 unspecified atom stereocenters. The largest absolute Gasteiger partial charge is 0.299 e. The molecule has 1 aromatic rings. The minimum atomic E-state index is 0.0869. The molecule has 0 aliphatic heterocycles. The molecule has 0 amide bonds. The van der Waals surface area contributed by atoms with Crippen LogP contribution in [0.4, 0.5) is 0 Å². The molecule has 0 heterocycles. The highest BCUT2D eigenvalue weighted by atomic mass is 16.1. The fourth-order valence-electron chi connectivity index (χ4n) is 1.18. The van der Waals surface area contributed by atoms with Gasteiger partial charge in [-0.3, -0.25) is 9.69 Å². The SMILES string of the molecule is CCN(C)CC(=O)c1ccc(C#N)cc1. The van der Waals surface area contributed by atoms with Crippen molar-refractivity contribution in [3.8, 4) is 6.07 Å². The van der Waals surface area contributed by atoms with Crippen molar-refractivity contribution in [2.75, 3.05) is 20.1 Å². The van der Waals surface area contributed by atoms with Crippen LogP contribution in [0.3, 0.4) is 0 Å². The van der Waals surface area contributed by atoms with Crippen molar-refractivity contribution in [2.24, 2.45) is 0 Å². The molecule has 0 aliphatic carbocycles. The highest BCUT2D eigenvalue weighted by Gasteiger charge is 2.07. The Morgan fingerprint density at radius 1 is 1.40 bits per heavy atom. The van der Waals surface area contributed by atoms with Crippen LogP contribution < -0.4 is 0 Å². The summed E-state index contributed by atoms with van der Waals surface area (Å²) in [6.07, 6.45) is 0. The van der Waals surface area contributed by atoms with Crippen LogP contribution in [0.25, 0.3) is 0 Å². The number of benzene rings is 1. The number of hydrogen-bond donors (Lipinski definition) is 0. The Labute approximate surface area is 89.9 Å². The van der Waals surface area contributed by atoms with Gasteiger partial charge in [-0.2, -0.15) is 5.26 Å². The van der Waals surface area contributed by atoms with Crippen molar-refractivity contribution < 1.29 is 4.79 Å². The molecule has 0 saturated carbocycles. The van der Waals surface area contributed by atoms with Gasteiger partial charge in [0.15, 0.2) is 5.78 Å². The lowest BCUT2D eigenvalue weighted by Gasteiger charge is -2.12. The molecule has 0 spiro atoms. The van der Waals surface area contributed by atoms with Crippen molar-refractivity contribution >= 4 is 5.78 Å². The van der Waals surface area contributed by atoms with E-state index in [0.717, 1.165) is 6.54 Å². The summed E-state index contributed by atoms with van der Waals surface area (Å²) >= 11 is 0. The fourth-order valence-corrected chi connectivity index (χ4v) is 1.18. The topological polar surface area (TPSA) is 44.1 Å². The predicted molar refractivity (Wildman–Crippen MR) is 58.7 cm³/mol. The molecule has 0 aliphatic rings. The number of Topliss-reactive ketones (excluding diaryl/α,β-unsaturated/α-hetero) is 1. The average Bonchev–Trinajstić information content (AvgIpc) is 2.29. The number of carbonyl (C=O) groups excluding carboxylic acids is 1. The van der Waals surface area contributed by atoms with Crippen molar-refractivity contribution in [3.05, 3.63) is 35.4 Å². The van der Waals surface area contributed by atoms with Crippen LogP contribution in [0.2, 0.25) is 0 Å². The fraction of sp³-hybridized carbons (Fsp3) is 0.333. The lowest BCUT2D eigenvalue weighted by molar-refractivity contribution is 0.0949. The first kappa shape index (κ1) is 11.4. The van der Waals surface area contributed by atoms with E-state index in [2.05, 4.69) is 0 Å². The Hall–Kier alpha value is -1.66. The van der Waals surface area contributed by atoms with Crippen LogP contribution in [0.5, 0.6) is 0 Å². The molecule has 3 heteroatoms. The van der Waals surface area contributed by atoms with Gasteiger partial charge in [0.2, 0.25) is 0 Å². The van der Waals surface area contributed by atoms with Gasteiger partial charge in [-0.1, -0.05) is 19.1 Å². The van der Waals surface area contributed by atoms with Crippen molar-refractivity contribution in [2.45, 2.75) is 6.92 Å². The van der Waals surface area contributed by atoms with Gasteiger partial charge in [0.05, 0.1) is 18.2 Å². The molecule has 0 bridgehead atoms. The molecule has 0 saturated heterocycles. The molecule has 1 aromatic carbocycles. The van der Waals surface area contributed by atoms with E-state index in [9.17, 15) is 4.79 Å². The van der Waals surface area contributed by atoms with Gasteiger partial charge < -0.3 is 0 Å². The Kier molecular flexibility index (Phi) is 4.02.